The number of carbonyl (C=O) groups is 3. The van der Waals surface area contributed by atoms with Crippen LogP contribution in [-0.4, -0.2) is 41.5 Å². The van der Waals surface area contributed by atoms with E-state index in [1.165, 1.54) is 4.90 Å². The number of esters is 1. The number of Topliss-reactive ketones (excluding diaryl/α,β-unsaturated/α-hetero) is 1. The van der Waals surface area contributed by atoms with Gasteiger partial charge < -0.3 is 14.6 Å². The summed E-state index contributed by atoms with van der Waals surface area (Å²) >= 11 is 0. The fourth-order valence-corrected chi connectivity index (χ4v) is 4.45. The summed E-state index contributed by atoms with van der Waals surface area (Å²) in [5.74, 6) is -1.51. The zero-order chi connectivity index (χ0) is 27.6. The minimum absolute atomic E-state index is 0.0453. The lowest BCUT2D eigenvalue weighted by atomic mass is 9.93. The molecule has 0 bridgehead atoms. The molecule has 0 aliphatic carbocycles. The standard InChI is InChI=1S/C30H30N2O6/c1-17(2)16-38-30(36)20-8-10-22(11-9-20)32-26(21-7-6-12-31-15-21)25(28(34)29(32)35)27(33)23-13-19(4)24(37-5)14-18(23)3/h6-15,17,26,33H,16H2,1-5H3/b27-25+. The molecule has 3 aromatic rings. The van der Waals surface area contributed by atoms with Crippen molar-refractivity contribution in [1.82, 2.24) is 4.98 Å². The van der Waals surface area contributed by atoms with Crippen LogP contribution in [0.2, 0.25) is 0 Å². The van der Waals surface area contributed by atoms with E-state index in [2.05, 4.69) is 4.98 Å². The first-order valence-electron chi connectivity index (χ1n) is 12.3. The summed E-state index contributed by atoms with van der Waals surface area (Å²) in [6.07, 6.45) is 3.14. The molecule has 1 aliphatic rings. The van der Waals surface area contributed by atoms with Gasteiger partial charge >= 0.3 is 5.97 Å². The largest absolute Gasteiger partial charge is 0.507 e. The maximum Gasteiger partial charge on any atom is 0.338 e. The van der Waals surface area contributed by atoms with Gasteiger partial charge in [0, 0.05) is 23.6 Å². The van der Waals surface area contributed by atoms with E-state index < -0.39 is 23.7 Å². The van der Waals surface area contributed by atoms with E-state index in [0.29, 0.717) is 40.3 Å². The Balaban J connectivity index is 1.82. The topological polar surface area (TPSA) is 106 Å². The smallest absolute Gasteiger partial charge is 0.338 e. The molecule has 0 radical (unpaired) electrons. The molecule has 1 N–H and O–H groups in total. The Morgan fingerprint density at radius 2 is 1.79 bits per heavy atom. The first kappa shape index (κ1) is 26.6. The summed E-state index contributed by atoms with van der Waals surface area (Å²) in [4.78, 5) is 44.6. The molecule has 1 aliphatic heterocycles. The number of amides is 1. The summed E-state index contributed by atoms with van der Waals surface area (Å²) < 4.78 is 10.7. The maximum atomic E-state index is 13.4. The predicted molar refractivity (Wildman–Crippen MR) is 143 cm³/mol. The van der Waals surface area contributed by atoms with Crippen LogP contribution in [0.15, 0.2) is 66.5 Å². The minimum atomic E-state index is -0.927. The number of hydrogen-bond acceptors (Lipinski definition) is 7. The van der Waals surface area contributed by atoms with Crippen molar-refractivity contribution in [3.8, 4) is 5.75 Å². The van der Waals surface area contributed by atoms with Crippen LogP contribution in [0, 0.1) is 19.8 Å². The van der Waals surface area contributed by atoms with Crippen LogP contribution in [-0.2, 0) is 14.3 Å². The molecule has 1 unspecified atom stereocenters. The van der Waals surface area contributed by atoms with Crippen LogP contribution in [0.4, 0.5) is 5.69 Å². The Hall–Kier alpha value is -4.46. The lowest BCUT2D eigenvalue weighted by molar-refractivity contribution is -0.132. The normalized spacial score (nSPS) is 16.7. The Morgan fingerprint density at radius 3 is 2.39 bits per heavy atom. The Labute approximate surface area is 221 Å². The number of ketones is 1. The number of aliphatic hydroxyl groups excluding tert-OH is 1. The van der Waals surface area contributed by atoms with Crippen LogP contribution in [0.1, 0.15) is 52.5 Å². The highest BCUT2D eigenvalue weighted by Gasteiger charge is 2.47. The van der Waals surface area contributed by atoms with Gasteiger partial charge in [0.25, 0.3) is 11.7 Å². The fourth-order valence-electron chi connectivity index (χ4n) is 4.45. The van der Waals surface area contributed by atoms with E-state index in [4.69, 9.17) is 9.47 Å². The molecule has 2 heterocycles. The molecule has 1 fully saturated rings. The lowest BCUT2D eigenvalue weighted by Gasteiger charge is -2.25. The van der Waals surface area contributed by atoms with E-state index >= 15 is 0 Å². The second-order valence-corrected chi connectivity index (χ2v) is 9.63. The van der Waals surface area contributed by atoms with E-state index in [1.807, 2.05) is 20.8 Å². The molecule has 38 heavy (non-hydrogen) atoms. The summed E-state index contributed by atoms with van der Waals surface area (Å²) in [6.45, 7) is 7.81. The minimum Gasteiger partial charge on any atom is -0.507 e. The van der Waals surface area contributed by atoms with Crippen LogP contribution in [0.3, 0.4) is 0 Å². The molecule has 1 aromatic heterocycles. The summed E-state index contributed by atoms with van der Waals surface area (Å²) in [7, 11) is 1.56. The van der Waals surface area contributed by atoms with Crippen molar-refractivity contribution in [1.29, 1.82) is 0 Å². The highest BCUT2D eigenvalue weighted by Crippen LogP contribution is 2.42. The first-order chi connectivity index (χ1) is 18.1. The molecular formula is C30H30N2O6. The molecule has 196 valence electrons. The van der Waals surface area contributed by atoms with Crippen molar-refractivity contribution < 1.29 is 29.0 Å². The number of pyridine rings is 1. The lowest BCUT2D eigenvalue weighted by Crippen LogP contribution is -2.29. The number of methoxy groups -OCH3 is 1. The van der Waals surface area contributed by atoms with E-state index in [9.17, 15) is 19.5 Å². The average molecular weight is 515 g/mol. The highest BCUT2D eigenvalue weighted by atomic mass is 16.5. The number of benzene rings is 2. The number of carbonyl (C=O) groups excluding carboxylic acids is 3. The second-order valence-electron chi connectivity index (χ2n) is 9.63. The molecule has 8 heteroatoms. The zero-order valence-corrected chi connectivity index (χ0v) is 22.0. The van der Waals surface area contributed by atoms with E-state index in [1.54, 1.807) is 75.0 Å². The van der Waals surface area contributed by atoms with Gasteiger partial charge in [-0.15, -0.1) is 0 Å². The van der Waals surface area contributed by atoms with Gasteiger partial charge in [-0.25, -0.2) is 4.79 Å². The van der Waals surface area contributed by atoms with Gasteiger partial charge in [0.2, 0.25) is 0 Å². The van der Waals surface area contributed by atoms with Crippen molar-refractivity contribution in [2.75, 3.05) is 18.6 Å². The number of nitrogens with zero attached hydrogens (tertiary/aromatic N) is 2. The van der Waals surface area contributed by atoms with Gasteiger partial charge in [-0.3, -0.25) is 19.5 Å². The van der Waals surface area contributed by atoms with Gasteiger partial charge in [-0.1, -0.05) is 19.9 Å². The van der Waals surface area contributed by atoms with Crippen molar-refractivity contribution >= 4 is 29.1 Å². The van der Waals surface area contributed by atoms with Gasteiger partial charge in [0.1, 0.15) is 11.5 Å². The van der Waals surface area contributed by atoms with Crippen LogP contribution in [0.5, 0.6) is 5.75 Å². The number of aryl methyl sites for hydroxylation is 2. The molecule has 4 rings (SSSR count). The summed E-state index contributed by atoms with van der Waals surface area (Å²) in [5, 5.41) is 11.5. The first-order valence-corrected chi connectivity index (χ1v) is 12.3. The fraction of sp³-hybridized carbons (Fsp3) is 0.267. The molecular weight excluding hydrogens is 484 g/mol. The van der Waals surface area contributed by atoms with E-state index in [-0.39, 0.29) is 17.3 Å². The van der Waals surface area contributed by atoms with Gasteiger partial charge in [-0.05, 0) is 78.9 Å². The third-order valence-corrected chi connectivity index (χ3v) is 6.37. The molecule has 0 saturated carbocycles. The molecule has 1 amide bonds. The maximum absolute atomic E-state index is 13.4. The highest BCUT2D eigenvalue weighted by molar-refractivity contribution is 6.51. The Morgan fingerprint density at radius 1 is 1.08 bits per heavy atom. The Bertz CT molecular complexity index is 1410. The van der Waals surface area contributed by atoms with Crippen LogP contribution >= 0.6 is 0 Å². The Kier molecular flexibility index (Phi) is 7.62. The molecule has 8 nitrogen and oxygen atoms in total. The van der Waals surface area contributed by atoms with Gasteiger partial charge in [0.15, 0.2) is 0 Å². The van der Waals surface area contributed by atoms with Gasteiger partial charge in [0.05, 0.1) is 30.9 Å². The molecule has 0 spiro atoms. The quantitative estimate of drug-likeness (QED) is 0.201. The zero-order valence-electron chi connectivity index (χ0n) is 22.0. The number of aromatic nitrogens is 1. The van der Waals surface area contributed by atoms with Crippen molar-refractivity contribution in [3.63, 3.8) is 0 Å². The monoisotopic (exact) mass is 514 g/mol. The van der Waals surface area contributed by atoms with Crippen molar-refractivity contribution in [2.45, 2.75) is 33.7 Å². The number of aliphatic hydroxyl groups is 1. The van der Waals surface area contributed by atoms with Crippen molar-refractivity contribution in [2.24, 2.45) is 5.92 Å². The third-order valence-electron chi connectivity index (χ3n) is 6.37. The molecule has 2 aromatic carbocycles. The van der Waals surface area contributed by atoms with Crippen LogP contribution in [0.25, 0.3) is 5.76 Å². The predicted octanol–water partition coefficient (Wildman–Crippen LogP) is 5.15. The molecule has 1 atom stereocenters. The number of ether oxygens (including phenoxy) is 2. The molecule has 1 saturated heterocycles. The number of anilines is 1. The van der Waals surface area contributed by atoms with Crippen LogP contribution < -0.4 is 9.64 Å². The van der Waals surface area contributed by atoms with E-state index in [0.717, 1.165) is 5.56 Å². The van der Waals surface area contributed by atoms with Crippen molar-refractivity contribution in [3.05, 3.63) is 94.3 Å². The third kappa shape index (κ3) is 5.02. The average Bonchev–Trinajstić information content (AvgIpc) is 3.18. The number of rotatable bonds is 7. The second kappa shape index (κ2) is 10.9. The number of hydrogen-bond donors (Lipinski definition) is 1. The summed E-state index contributed by atoms with van der Waals surface area (Å²) in [6, 6.07) is 12.3. The SMILES string of the molecule is COc1cc(C)c(/C(O)=C2\C(=O)C(=O)N(c3ccc(C(=O)OCC(C)C)cc3)C2c2cccnc2)cc1C. The van der Waals surface area contributed by atoms with Gasteiger partial charge in [-0.2, -0.15) is 0 Å². The summed E-state index contributed by atoms with van der Waals surface area (Å²) in [5.41, 5.74) is 3.11.